The van der Waals surface area contributed by atoms with Crippen LogP contribution < -0.4 is 4.74 Å². The molecule has 7 nitrogen and oxygen atoms in total. The SMILES string of the molecule is COc1cccc(/C(O)=C2\C(=O)C(=O)N(CCCN(C)C)[C@@H]2c2cccnc2)c1. The second-order valence-corrected chi connectivity index (χ2v) is 7.17. The molecular formula is C22H25N3O4. The number of hydrogen-bond donors (Lipinski definition) is 1. The first-order valence-corrected chi connectivity index (χ1v) is 9.41. The van der Waals surface area contributed by atoms with Gasteiger partial charge in [0.25, 0.3) is 11.7 Å². The lowest BCUT2D eigenvalue weighted by Crippen LogP contribution is -2.32. The van der Waals surface area contributed by atoms with Gasteiger partial charge in [0.1, 0.15) is 11.5 Å². The molecule has 1 atom stereocenters. The van der Waals surface area contributed by atoms with Crippen LogP contribution in [0.1, 0.15) is 23.6 Å². The summed E-state index contributed by atoms with van der Waals surface area (Å²) in [4.78, 5) is 33.4. The maximum Gasteiger partial charge on any atom is 0.295 e. The Morgan fingerprint density at radius 1 is 1.24 bits per heavy atom. The Morgan fingerprint density at radius 2 is 2.03 bits per heavy atom. The lowest BCUT2D eigenvalue weighted by molar-refractivity contribution is -0.139. The quantitative estimate of drug-likeness (QED) is 0.441. The first-order chi connectivity index (χ1) is 13.9. The largest absolute Gasteiger partial charge is 0.507 e. The number of hydrogen-bond acceptors (Lipinski definition) is 6. The van der Waals surface area contributed by atoms with Crippen LogP contribution >= 0.6 is 0 Å². The molecule has 1 aliphatic heterocycles. The van der Waals surface area contributed by atoms with Gasteiger partial charge in [-0.15, -0.1) is 0 Å². The van der Waals surface area contributed by atoms with Crippen LogP contribution in [0, 0.1) is 0 Å². The van der Waals surface area contributed by atoms with Gasteiger partial charge in [-0.3, -0.25) is 14.6 Å². The number of ketones is 1. The molecule has 1 aliphatic rings. The predicted octanol–water partition coefficient (Wildman–Crippen LogP) is 2.46. The topological polar surface area (TPSA) is 83.0 Å². The highest BCUT2D eigenvalue weighted by Crippen LogP contribution is 2.39. The number of rotatable bonds is 7. The highest BCUT2D eigenvalue weighted by Gasteiger charge is 2.45. The fraction of sp³-hybridized carbons (Fsp3) is 0.318. The number of aliphatic hydroxyl groups is 1. The van der Waals surface area contributed by atoms with Gasteiger partial charge in [-0.25, -0.2) is 0 Å². The maximum atomic E-state index is 12.9. The van der Waals surface area contributed by atoms with Crippen molar-refractivity contribution >= 4 is 17.4 Å². The normalized spacial score (nSPS) is 18.5. The minimum atomic E-state index is -0.691. The van der Waals surface area contributed by atoms with E-state index < -0.39 is 17.7 Å². The van der Waals surface area contributed by atoms with E-state index in [1.165, 1.54) is 12.0 Å². The molecule has 0 radical (unpaired) electrons. The van der Waals surface area contributed by atoms with Crippen molar-refractivity contribution in [2.24, 2.45) is 0 Å². The van der Waals surface area contributed by atoms with Gasteiger partial charge in [0.2, 0.25) is 0 Å². The first-order valence-electron chi connectivity index (χ1n) is 9.41. The van der Waals surface area contributed by atoms with Gasteiger partial charge >= 0.3 is 0 Å². The minimum Gasteiger partial charge on any atom is -0.507 e. The number of aromatic nitrogens is 1. The zero-order valence-electron chi connectivity index (χ0n) is 16.8. The zero-order chi connectivity index (χ0) is 21.0. The van der Waals surface area contributed by atoms with Crippen LogP contribution in [-0.4, -0.2) is 65.9 Å². The second-order valence-electron chi connectivity index (χ2n) is 7.17. The molecule has 29 heavy (non-hydrogen) atoms. The van der Waals surface area contributed by atoms with Gasteiger partial charge in [-0.1, -0.05) is 18.2 Å². The molecule has 0 saturated carbocycles. The number of ether oxygens (including phenoxy) is 1. The molecule has 2 heterocycles. The lowest BCUT2D eigenvalue weighted by atomic mass is 9.96. The van der Waals surface area contributed by atoms with Crippen molar-refractivity contribution in [2.75, 3.05) is 34.3 Å². The van der Waals surface area contributed by atoms with E-state index >= 15 is 0 Å². The monoisotopic (exact) mass is 395 g/mol. The molecule has 1 aromatic heterocycles. The Labute approximate surface area is 170 Å². The van der Waals surface area contributed by atoms with Crippen LogP contribution in [0.2, 0.25) is 0 Å². The van der Waals surface area contributed by atoms with Crippen LogP contribution in [0.4, 0.5) is 0 Å². The van der Waals surface area contributed by atoms with Crippen LogP contribution in [0.5, 0.6) is 5.75 Å². The summed E-state index contributed by atoms with van der Waals surface area (Å²) in [5.74, 6) is -0.968. The third-order valence-electron chi connectivity index (χ3n) is 4.89. The summed E-state index contributed by atoms with van der Waals surface area (Å²) >= 11 is 0. The Morgan fingerprint density at radius 3 is 2.69 bits per heavy atom. The van der Waals surface area contributed by atoms with Gasteiger partial charge < -0.3 is 19.6 Å². The van der Waals surface area contributed by atoms with Gasteiger partial charge in [0.05, 0.1) is 18.7 Å². The molecule has 1 fully saturated rings. The number of aliphatic hydroxyl groups excluding tert-OH is 1. The maximum absolute atomic E-state index is 12.9. The Kier molecular flexibility index (Phi) is 6.29. The van der Waals surface area contributed by atoms with Crippen molar-refractivity contribution in [1.82, 2.24) is 14.8 Å². The molecule has 7 heteroatoms. The molecule has 0 aliphatic carbocycles. The molecule has 0 spiro atoms. The second kappa shape index (κ2) is 8.87. The number of nitrogens with zero attached hydrogens (tertiary/aromatic N) is 3. The number of pyridine rings is 1. The average Bonchev–Trinajstić information content (AvgIpc) is 2.98. The Hall–Kier alpha value is -3.19. The molecule has 1 amide bonds. The molecule has 0 bridgehead atoms. The molecule has 1 N–H and O–H groups in total. The van der Waals surface area contributed by atoms with Crippen molar-refractivity contribution in [3.8, 4) is 5.75 Å². The van der Waals surface area contributed by atoms with E-state index in [4.69, 9.17) is 4.74 Å². The van der Waals surface area contributed by atoms with E-state index in [0.29, 0.717) is 29.8 Å². The molecule has 0 unspecified atom stereocenters. The number of likely N-dealkylation sites (tertiary alicyclic amines) is 1. The summed E-state index contributed by atoms with van der Waals surface area (Å²) in [7, 11) is 5.43. The molecular weight excluding hydrogens is 370 g/mol. The Balaban J connectivity index is 2.07. The van der Waals surface area contributed by atoms with Crippen molar-refractivity contribution in [3.63, 3.8) is 0 Å². The summed E-state index contributed by atoms with van der Waals surface area (Å²) in [6.07, 6.45) is 3.95. The third kappa shape index (κ3) is 4.30. The lowest BCUT2D eigenvalue weighted by Gasteiger charge is -2.25. The van der Waals surface area contributed by atoms with Crippen molar-refractivity contribution in [3.05, 3.63) is 65.5 Å². The van der Waals surface area contributed by atoms with Crippen molar-refractivity contribution < 1.29 is 19.4 Å². The third-order valence-corrected chi connectivity index (χ3v) is 4.89. The van der Waals surface area contributed by atoms with Gasteiger partial charge in [-0.2, -0.15) is 0 Å². The molecule has 3 rings (SSSR count). The number of amides is 1. The molecule has 1 saturated heterocycles. The number of carbonyl (C=O) groups is 2. The predicted molar refractivity (Wildman–Crippen MR) is 109 cm³/mol. The molecule has 152 valence electrons. The molecule has 2 aromatic rings. The number of carbonyl (C=O) groups excluding carboxylic acids is 2. The summed E-state index contributed by atoms with van der Waals surface area (Å²) in [5, 5.41) is 11.0. The van der Waals surface area contributed by atoms with E-state index in [9.17, 15) is 14.7 Å². The van der Waals surface area contributed by atoms with E-state index in [0.717, 1.165) is 6.54 Å². The fourth-order valence-corrected chi connectivity index (χ4v) is 3.48. The average molecular weight is 395 g/mol. The standard InChI is InChI=1S/C22H25N3O4/c1-24(2)11-6-12-25-19(16-8-5-10-23-14-16)18(21(27)22(25)28)20(26)15-7-4-9-17(13-15)29-3/h4-5,7-10,13-14,19,26H,6,11-12H2,1-3H3/b20-18+/t19-/m1/s1. The summed E-state index contributed by atoms with van der Waals surface area (Å²) in [6.45, 7) is 1.18. The van der Waals surface area contributed by atoms with E-state index in [2.05, 4.69) is 4.98 Å². The summed E-state index contributed by atoms with van der Waals surface area (Å²) in [6, 6.07) is 9.65. The van der Waals surface area contributed by atoms with Gasteiger partial charge in [0.15, 0.2) is 0 Å². The molecule has 1 aromatic carbocycles. The highest BCUT2D eigenvalue weighted by atomic mass is 16.5. The number of benzene rings is 1. The van der Waals surface area contributed by atoms with E-state index in [-0.39, 0.29) is 11.3 Å². The van der Waals surface area contributed by atoms with Crippen molar-refractivity contribution in [2.45, 2.75) is 12.5 Å². The summed E-state index contributed by atoms with van der Waals surface area (Å²) in [5.41, 5.74) is 1.17. The zero-order valence-corrected chi connectivity index (χ0v) is 16.8. The van der Waals surface area contributed by atoms with E-state index in [1.807, 2.05) is 19.0 Å². The van der Waals surface area contributed by atoms with Crippen LogP contribution in [-0.2, 0) is 9.59 Å². The minimum absolute atomic E-state index is 0.0705. The van der Waals surface area contributed by atoms with Crippen LogP contribution in [0.15, 0.2) is 54.4 Å². The van der Waals surface area contributed by atoms with E-state index in [1.54, 1.807) is 48.8 Å². The fourth-order valence-electron chi connectivity index (χ4n) is 3.48. The van der Waals surface area contributed by atoms with Crippen LogP contribution in [0.25, 0.3) is 5.76 Å². The Bertz CT molecular complexity index is 925. The summed E-state index contributed by atoms with van der Waals surface area (Å²) < 4.78 is 5.21. The first kappa shape index (κ1) is 20.5. The van der Waals surface area contributed by atoms with Gasteiger partial charge in [0, 0.05) is 24.5 Å². The van der Waals surface area contributed by atoms with Crippen LogP contribution in [0.3, 0.4) is 0 Å². The number of Topliss-reactive ketones (excluding diaryl/α,β-unsaturated/α-hetero) is 1. The number of methoxy groups -OCH3 is 1. The van der Waals surface area contributed by atoms with Crippen molar-refractivity contribution in [1.29, 1.82) is 0 Å². The highest BCUT2D eigenvalue weighted by molar-refractivity contribution is 6.46. The van der Waals surface area contributed by atoms with Gasteiger partial charge in [-0.05, 0) is 50.8 Å². The smallest absolute Gasteiger partial charge is 0.295 e.